The summed E-state index contributed by atoms with van der Waals surface area (Å²) in [7, 11) is 0. The van der Waals surface area contributed by atoms with Gasteiger partial charge in [0.15, 0.2) is 0 Å². The molecule has 2 rings (SSSR count). The summed E-state index contributed by atoms with van der Waals surface area (Å²) in [5.74, 6) is 0.356. The molecular weight excluding hydrogens is 208 g/mol. The Hall–Kier alpha value is -0.870. The molecule has 0 radical (unpaired) electrons. The number of nitrogens with one attached hydrogen (secondary N) is 2. The van der Waals surface area contributed by atoms with Crippen molar-refractivity contribution in [3.63, 3.8) is 0 Å². The Kier molecular flexibility index (Phi) is 3.75. The van der Waals surface area contributed by atoms with Crippen LogP contribution in [0.5, 0.6) is 0 Å². The fourth-order valence-electron chi connectivity index (χ4n) is 1.81. The lowest BCUT2D eigenvalue weighted by atomic mass is 9.99. The molecule has 0 aromatic carbocycles. The molecule has 1 saturated heterocycles. The first kappa shape index (κ1) is 10.6. The minimum Gasteiger partial charge on any atom is -0.351 e. The molecule has 1 aromatic rings. The highest BCUT2D eigenvalue weighted by atomic mass is 32.1. The summed E-state index contributed by atoms with van der Waals surface area (Å²) in [5, 5.41) is 8.27. The van der Waals surface area contributed by atoms with Crippen LogP contribution >= 0.6 is 11.3 Å². The quantitative estimate of drug-likeness (QED) is 0.814. The molecule has 1 aromatic heterocycles. The Balaban J connectivity index is 1.76. The lowest BCUT2D eigenvalue weighted by molar-refractivity contribution is -0.125. The second kappa shape index (κ2) is 5.28. The summed E-state index contributed by atoms with van der Waals surface area (Å²) < 4.78 is 0. The molecule has 4 heteroatoms. The van der Waals surface area contributed by atoms with Crippen LogP contribution in [0.3, 0.4) is 0 Å². The van der Waals surface area contributed by atoms with Gasteiger partial charge in [0.1, 0.15) is 0 Å². The lowest BCUT2D eigenvalue weighted by Gasteiger charge is -2.21. The number of hydrogen-bond acceptors (Lipinski definition) is 3. The normalized spacial score (nSPS) is 21.2. The maximum Gasteiger partial charge on any atom is 0.224 e. The van der Waals surface area contributed by atoms with Crippen LogP contribution in [0.1, 0.15) is 17.7 Å². The fraction of sp³-hybridized carbons (Fsp3) is 0.545. The predicted molar refractivity (Wildman–Crippen MR) is 61.8 cm³/mol. The van der Waals surface area contributed by atoms with Gasteiger partial charge in [-0.2, -0.15) is 0 Å². The maximum atomic E-state index is 11.7. The number of rotatable bonds is 3. The number of hydrogen-bond donors (Lipinski definition) is 2. The van der Waals surface area contributed by atoms with Gasteiger partial charge in [-0.3, -0.25) is 4.79 Å². The van der Waals surface area contributed by atoms with E-state index in [2.05, 4.69) is 10.6 Å². The second-order valence-corrected chi connectivity index (χ2v) is 4.87. The smallest absolute Gasteiger partial charge is 0.224 e. The second-order valence-electron chi connectivity index (χ2n) is 3.84. The maximum absolute atomic E-state index is 11.7. The van der Waals surface area contributed by atoms with Crippen molar-refractivity contribution in [3.05, 3.63) is 22.4 Å². The highest BCUT2D eigenvalue weighted by Gasteiger charge is 2.20. The standard InChI is InChI=1S/C11H16N2OS/c14-11(9-3-1-5-12-7-9)13-8-10-4-2-6-15-10/h2,4,6,9,12H,1,3,5,7-8H2,(H,13,14). The number of amides is 1. The highest BCUT2D eigenvalue weighted by molar-refractivity contribution is 7.09. The molecule has 1 atom stereocenters. The monoisotopic (exact) mass is 224 g/mol. The van der Waals surface area contributed by atoms with E-state index in [0.717, 1.165) is 25.9 Å². The molecule has 1 fully saturated rings. The average Bonchev–Trinajstić information content (AvgIpc) is 2.80. The van der Waals surface area contributed by atoms with Crippen LogP contribution in [0.2, 0.25) is 0 Å². The van der Waals surface area contributed by atoms with E-state index in [-0.39, 0.29) is 11.8 Å². The van der Waals surface area contributed by atoms with E-state index >= 15 is 0 Å². The third-order valence-electron chi connectivity index (χ3n) is 2.68. The summed E-state index contributed by atoms with van der Waals surface area (Å²) in [6.07, 6.45) is 2.13. The van der Waals surface area contributed by atoms with E-state index in [1.165, 1.54) is 4.88 Å². The van der Waals surface area contributed by atoms with Crippen LogP contribution in [0.4, 0.5) is 0 Å². The minimum absolute atomic E-state index is 0.165. The molecule has 2 N–H and O–H groups in total. The van der Waals surface area contributed by atoms with Crippen LogP contribution in [0.15, 0.2) is 17.5 Å². The Labute approximate surface area is 93.9 Å². The zero-order valence-corrected chi connectivity index (χ0v) is 9.48. The first-order valence-electron chi connectivity index (χ1n) is 5.37. The highest BCUT2D eigenvalue weighted by Crippen LogP contribution is 2.11. The molecule has 15 heavy (non-hydrogen) atoms. The van der Waals surface area contributed by atoms with Crippen LogP contribution in [0, 0.1) is 5.92 Å². The molecule has 1 aliphatic heterocycles. The van der Waals surface area contributed by atoms with Gasteiger partial charge in [-0.15, -0.1) is 11.3 Å². The van der Waals surface area contributed by atoms with E-state index in [0.29, 0.717) is 6.54 Å². The van der Waals surface area contributed by atoms with Crippen LogP contribution in [-0.2, 0) is 11.3 Å². The van der Waals surface area contributed by atoms with Crippen molar-refractivity contribution in [2.45, 2.75) is 19.4 Å². The summed E-state index contributed by atoms with van der Waals surface area (Å²) >= 11 is 1.68. The largest absolute Gasteiger partial charge is 0.351 e. The van der Waals surface area contributed by atoms with Crippen LogP contribution in [0.25, 0.3) is 0 Å². The molecule has 3 nitrogen and oxygen atoms in total. The topological polar surface area (TPSA) is 41.1 Å². The van der Waals surface area contributed by atoms with E-state index in [1.54, 1.807) is 11.3 Å². The van der Waals surface area contributed by atoms with Gasteiger partial charge in [-0.05, 0) is 30.8 Å². The number of carbonyl (C=O) groups is 1. The van der Waals surface area contributed by atoms with E-state index in [4.69, 9.17) is 0 Å². The summed E-state index contributed by atoms with van der Waals surface area (Å²) in [5.41, 5.74) is 0. The molecule has 0 spiro atoms. The molecule has 0 saturated carbocycles. The van der Waals surface area contributed by atoms with Gasteiger partial charge >= 0.3 is 0 Å². The van der Waals surface area contributed by atoms with Crippen molar-refractivity contribution >= 4 is 17.2 Å². The zero-order chi connectivity index (χ0) is 10.5. The molecule has 0 bridgehead atoms. The predicted octanol–water partition coefficient (Wildman–Crippen LogP) is 1.36. The lowest BCUT2D eigenvalue weighted by Crippen LogP contribution is -2.40. The van der Waals surface area contributed by atoms with Gasteiger partial charge in [-0.1, -0.05) is 6.07 Å². The van der Waals surface area contributed by atoms with Crippen molar-refractivity contribution in [3.8, 4) is 0 Å². The molecule has 82 valence electrons. The van der Waals surface area contributed by atoms with Crippen LogP contribution < -0.4 is 10.6 Å². The van der Waals surface area contributed by atoms with Gasteiger partial charge in [-0.25, -0.2) is 0 Å². The summed E-state index contributed by atoms with van der Waals surface area (Å²) in [6, 6.07) is 4.05. The first-order valence-corrected chi connectivity index (χ1v) is 6.25. The van der Waals surface area contributed by atoms with E-state index in [9.17, 15) is 4.79 Å². The molecule has 1 amide bonds. The minimum atomic E-state index is 0.165. The van der Waals surface area contributed by atoms with Crippen molar-refractivity contribution in [2.75, 3.05) is 13.1 Å². The number of piperidine rings is 1. The van der Waals surface area contributed by atoms with Gasteiger partial charge in [0.2, 0.25) is 5.91 Å². The molecule has 0 aliphatic carbocycles. The third kappa shape index (κ3) is 3.04. The van der Waals surface area contributed by atoms with Crippen molar-refractivity contribution in [1.82, 2.24) is 10.6 Å². The fourth-order valence-corrected chi connectivity index (χ4v) is 2.45. The van der Waals surface area contributed by atoms with Crippen molar-refractivity contribution < 1.29 is 4.79 Å². The zero-order valence-electron chi connectivity index (χ0n) is 8.66. The summed E-state index contributed by atoms with van der Waals surface area (Å²) in [6.45, 7) is 2.55. The molecule has 1 aliphatic rings. The average molecular weight is 224 g/mol. The Morgan fingerprint density at radius 2 is 2.60 bits per heavy atom. The van der Waals surface area contributed by atoms with Crippen LogP contribution in [-0.4, -0.2) is 19.0 Å². The van der Waals surface area contributed by atoms with Crippen molar-refractivity contribution in [1.29, 1.82) is 0 Å². The third-order valence-corrected chi connectivity index (χ3v) is 3.56. The van der Waals surface area contributed by atoms with Gasteiger partial charge in [0, 0.05) is 11.4 Å². The Morgan fingerprint density at radius 3 is 3.27 bits per heavy atom. The van der Waals surface area contributed by atoms with Crippen molar-refractivity contribution in [2.24, 2.45) is 5.92 Å². The Morgan fingerprint density at radius 1 is 1.67 bits per heavy atom. The van der Waals surface area contributed by atoms with Gasteiger partial charge < -0.3 is 10.6 Å². The van der Waals surface area contributed by atoms with E-state index < -0.39 is 0 Å². The molecule has 2 heterocycles. The van der Waals surface area contributed by atoms with E-state index in [1.807, 2.05) is 17.5 Å². The van der Waals surface area contributed by atoms with Gasteiger partial charge in [0.05, 0.1) is 12.5 Å². The van der Waals surface area contributed by atoms with Gasteiger partial charge in [0.25, 0.3) is 0 Å². The summed E-state index contributed by atoms with van der Waals surface area (Å²) in [4.78, 5) is 13.0. The molecular formula is C11H16N2OS. The first-order chi connectivity index (χ1) is 7.36. The SMILES string of the molecule is O=C(NCc1cccs1)C1CCCNC1. The number of thiophene rings is 1. The number of carbonyl (C=O) groups excluding carboxylic acids is 1. The molecule has 1 unspecified atom stereocenters. The Bertz CT molecular complexity index is 304.